The average Bonchev–Trinajstić information content (AvgIpc) is 2.52. The number of ether oxygens (including phenoxy) is 1. The van der Waals surface area contributed by atoms with Crippen molar-refractivity contribution in [2.24, 2.45) is 0 Å². The first-order chi connectivity index (χ1) is 11.3. The van der Waals surface area contributed by atoms with Gasteiger partial charge in [0, 0.05) is 45.5 Å². The van der Waals surface area contributed by atoms with Crippen molar-refractivity contribution in [2.75, 3.05) is 59.8 Å². The van der Waals surface area contributed by atoms with Gasteiger partial charge in [-0.15, -0.1) is 6.58 Å². The summed E-state index contributed by atoms with van der Waals surface area (Å²) < 4.78 is 6.09. The minimum Gasteiger partial charge on any atom is -0.459 e. The maximum absolute atomic E-state index is 6.09. The Hall–Kier alpha value is -1.66. The van der Waals surface area contributed by atoms with Crippen molar-refractivity contribution in [1.82, 2.24) is 19.8 Å². The molecule has 0 bridgehead atoms. The molecule has 0 aliphatic rings. The molecule has 0 aromatic carbocycles. The molecule has 0 radical (unpaired) electrons. The highest BCUT2D eigenvalue weighted by Crippen LogP contribution is 2.18. The Balaban J connectivity index is 2.74. The van der Waals surface area contributed by atoms with E-state index in [0.717, 1.165) is 43.9 Å². The van der Waals surface area contributed by atoms with Crippen LogP contribution in [0, 0.1) is 6.92 Å². The molecule has 0 saturated heterocycles. The summed E-state index contributed by atoms with van der Waals surface area (Å²) in [5.41, 5.74) is 1.04. The van der Waals surface area contributed by atoms with Gasteiger partial charge in [0.05, 0.1) is 0 Å². The second-order valence-electron chi connectivity index (χ2n) is 6.73. The number of likely N-dealkylation sites (N-methyl/N-ethyl adjacent to an activating group) is 2. The SMILES string of the molecule is C=CCCC(CN(C)CCN(C)C)Oc1ncc(C)c(N(C)C)n1. The van der Waals surface area contributed by atoms with Crippen LogP contribution in [0.1, 0.15) is 18.4 Å². The van der Waals surface area contributed by atoms with E-state index in [0.29, 0.717) is 6.01 Å². The number of hydrogen-bond acceptors (Lipinski definition) is 6. The summed E-state index contributed by atoms with van der Waals surface area (Å²) in [7, 11) is 10.2. The summed E-state index contributed by atoms with van der Waals surface area (Å²) in [6.45, 7) is 8.68. The largest absolute Gasteiger partial charge is 0.459 e. The smallest absolute Gasteiger partial charge is 0.318 e. The highest BCUT2D eigenvalue weighted by molar-refractivity contribution is 5.44. The van der Waals surface area contributed by atoms with Gasteiger partial charge in [0.2, 0.25) is 0 Å². The molecule has 1 rings (SSSR count). The van der Waals surface area contributed by atoms with E-state index in [1.165, 1.54) is 0 Å². The molecule has 0 N–H and O–H groups in total. The van der Waals surface area contributed by atoms with Gasteiger partial charge in [-0.05, 0) is 40.9 Å². The molecule has 0 fully saturated rings. The highest BCUT2D eigenvalue weighted by Gasteiger charge is 2.16. The quantitative estimate of drug-likeness (QED) is 0.577. The molecule has 6 nitrogen and oxygen atoms in total. The predicted molar refractivity (Wildman–Crippen MR) is 101 cm³/mol. The zero-order valence-electron chi connectivity index (χ0n) is 16.1. The molecule has 24 heavy (non-hydrogen) atoms. The van der Waals surface area contributed by atoms with Crippen LogP contribution in [-0.2, 0) is 0 Å². The van der Waals surface area contributed by atoms with Gasteiger partial charge in [0.15, 0.2) is 0 Å². The lowest BCUT2D eigenvalue weighted by atomic mass is 10.2. The first-order valence-corrected chi connectivity index (χ1v) is 8.45. The Morgan fingerprint density at radius 1 is 1.21 bits per heavy atom. The zero-order valence-corrected chi connectivity index (χ0v) is 16.1. The summed E-state index contributed by atoms with van der Waals surface area (Å²) in [6.07, 6.45) is 5.62. The second-order valence-corrected chi connectivity index (χ2v) is 6.73. The van der Waals surface area contributed by atoms with Gasteiger partial charge in [-0.2, -0.15) is 4.98 Å². The molecule has 1 aromatic heterocycles. The van der Waals surface area contributed by atoms with Crippen LogP contribution in [0.2, 0.25) is 0 Å². The molecular formula is C18H33N5O. The van der Waals surface area contributed by atoms with E-state index in [-0.39, 0.29) is 6.10 Å². The third-order valence-corrected chi connectivity index (χ3v) is 3.76. The van der Waals surface area contributed by atoms with E-state index in [4.69, 9.17) is 4.74 Å². The molecule has 0 aliphatic carbocycles. The first kappa shape index (κ1) is 20.4. The van der Waals surface area contributed by atoms with Gasteiger partial charge < -0.3 is 19.4 Å². The zero-order chi connectivity index (χ0) is 18.1. The Labute approximate surface area is 147 Å². The van der Waals surface area contributed by atoms with E-state index in [2.05, 4.69) is 47.5 Å². The normalized spacial score (nSPS) is 12.5. The van der Waals surface area contributed by atoms with Gasteiger partial charge in [-0.1, -0.05) is 6.08 Å². The van der Waals surface area contributed by atoms with Crippen molar-refractivity contribution in [3.63, 3.8) is 0 Å². The molecular weight excluding hydrogens is 302 g/mol. The fourth-order valence-electron chi connectivity index (χ4n) is 2.38. The fourth-order valence-corrected chi connectivity index (χ4v) is 2.38. The van der Waals surface area contributed by atoms with Crippen LogP contribution < -0.4 is 9.64 Å². The van der Waals surface area contributed by atoms with Crippen LogP contribution in [0.4, 0.5) is 5.82 Å². The van der Waals surface area contributed by atoms with Gasteiger partial charge in [0.25, 0.3) is 0 Å². The van der Waals surface area contributed by atoms with Gasteiger partial charge in [0.1, 0.15) is 11.9 Å². The van der Waals surface area contributed by atoms with Crippen molar-refractivity contribution in [3.8, 4) is 6.01 Å². The molecule has 136 valence electrons. The Morgan fingerprint density at radius 3 is 2.50 bits per heavy atom. The van der Waals surface area contributed by atoms with E-state index >= 15 is 0 Å². The number of aromatic nitrogens is 2. The molecule has 0 saturated carbocycles. The summed E-state index contributed by atoms with van der Waals surface area (Å²) in [4.78, 5) is 15.3. The van der Waals surface area contributed by atoms with E-state index < -0.39 is 0 Å². The summed E-state index contributed by atoms with van der Waals surface area (Å²) in [6, 6.07) is 0.444. The lowest BCUT2D eigenvalue weighted by molar-refractivity contribution is 0.125. The van der Waals surface area contributed by atoms with Crippen LogP contribution in [0.25, 0.3) is 0 Å². The molecule has 6 heteroatoms. The topological polar surface area (TPSA) is 44.7 Å². The maximum Gasteiger partial charge on any atom is 0.318 e. The Bertz CT molecular complexity index is 504. The summed E-state index contributed by atoms with van der Waals surface area (Å²) in [5.74, 6) is 0.892. The minimum absolute atomic E-state index is 0.0490. The third-order valence-electron chi connectivity index (χ3n) is 3.76. The van der Waals surface area contributed by atoms with Gasteiger partial charge in [-0.3, -0.25) is 0 Å². The number of nitrogens with zero attached hydrogens (tertiary/aromatic N) is 5. The number of aryl methyl sites for hydroxylation is 1. The standard InChI is InChI=1S/C18H33N5O/c1-8-9-10-16(14-23(7)12-11-21(3)4)24-18-19-13-15(2)17(20-18)22(5)6/h8,13,16H,1,9-12,14H2,2-7H3. The van der Waals surface area contributed by atoms with Crippen molar-refractivity contribution in [2.45, 2.75) is 25.9 Å². The Morgan fingerprint density at radius 2 is 1.92 bits per heavy atom. The van der Waals surface area contributed by atoms with Crippen LogP contribution >= 0.6 is 0 Å². The van der Waals surface area contributed by atoms with Crippen molar-refractivity contribution in [1.29, 1.82) is 0 Å². The Kier molecular flexibility index (Phi) is 8.71. The highest BCUT2D eigenvalue weighted by atomic mass is 16.5. The molecule has 1 atom stereocenters. The van der Waals surface area contributed by atoms with Crippen LogP contribution in [0.3, 0.4) is 0 Å². The number of allylic oxidation sites excluding steroid dienone is 1. The van der Waals surface area contributed by atoms with Crippen LogP contribution in [0.15, 0.2) is 18.9 Å². The lowest BCUT2D eigenvalue weighted by Crippen LogP contribution is -2.37. The maximum atomic E-state index is 6.09. The summed E-state index contributed by atoms with van der Waals surface area (Å²) >= 11 is 0. The van der Waals surface area contributed by atoms with E-state index in [1.54, 1.807) is 0 Å². The van der Waals surface area contributed by atoms with Crippen molar-refractivity contribution < 1.29 is 4.74 Å². The molecule has 0 aliphatic heterocycles. The lowest BCUT2D eigenvalue weighted by Gasteiger charge is -2.25. The first-order valence-electron chi connectivity index (χ1n) is 8.45. The average molecular weight is 335 g/mol. The van der Waals surface area contributed by atoms with Gasteiger partial charge in [-0.25, -0.2) is 4.98 Å². The van der Waals surface area contributed by atoms with E-state index in [9.17, 15) is 0 Å². The van der Waals surface area contributed by atoms with Gasteiger partial charge >= 0.3 is 6.01 Å². The van der Waals surface area contributed by atoms with Crippen molar-refractivity contribution >= 4 is 5.82 Å². The molecule has 1 unspecified atom stereocenters. The number of rotatable bonds is 11. The predicted octanol–water partition coefficient (Wildman–Crippen LogP) is 2.06. The van der Waals surface area contributed by atoms with E-state index in [1.807, 2.05) is 38.2 Å². The number of anilines is 1. The second kappa shape index (κ2) is 10.3. The molecule has 1 heterocycles. The van der Waals surface area contributed by atoms with Crippen LogP contribution in [-0.4, -0.2) is 80.7 Å². The fraction of sp³-hybridized carbons (Fsp3) is 0.667. The van der Waals surface area contributed by atoms with Crippen LogP contribution in [0.5, 0.6) is 6.01 Å². The molecule has 1 aromatic rings. The molecule has 0 spiro atoms. The third kappa shape index (κ3) is 7.27. The molecule has 0 amide bonds. The monoisotopic (exact) mass is 335 g/mol. The minimum atomic E-state index is 0.0490. The van der Waals surface area contributed by atoms with Crippen molar-refractivity contribution in [3.05, 3.63) is 24.4 Å². The number of hydrogen-bond donors (Lipinski definition) is 0. The summed E-state index contributed by atoms with van der Waals surface area (Å²) in [5, 5.41) is 0.